The molecule has 92 valence electrons. The molecule has 4 nitrogen and oxygen atoms in total. The van der Waals surface area contributed by atoms with Crippen LogP contribution in [0.25, 0.3) is 0 Å². The van der Waals surface area contributed by atoms with Crippen LogP contribution < -0.4 is 0 Å². The van der Waals surface area contributed by atoms with Crippen molar-refractivity contribution in [2.45, 2.75) is 39.5 Å². The van der Waals surface area contributed by atoms with Crippen molar-refractivity contribution in [1.82, 2.24) is 0 Å². The minimum Gasteiger partial charge on any atom is -0.219 e. The van der Waals surface area contributed by atoms with Gasteiger partial charge in [0.05, 0.1) is 0 Å². The van der Waals surface area contributed by atoms with Crippen molar-refractivity contribution in [3.8, 4) is 0 Å². The second kappa shape index (κ2) is 8.24. The van der Waals surface area contributed by atoms with E-state index in [0.29, 0.717) is 11.8 Å². The normalized spacial score (nSPS) is 10.2. The predicted octanol–water partition coefficient (Wildman–Crippen LogP) is 3.81. The molecular formula is C12H20O4. The first kappa shape index (κ1) is 15.1. The van der Waals surface area contributed by atoms with Gasteiger partial charge in [0.15, 0.2) is 0 Å². The van der Waals surface area contributed by atoms with Crippen molar-refractivity contribution < 1.29 is 20.6 Å². The summed E-state index contributed by atoms with van der Waals surface area (Å²) in [5.41, 5.74) is 2.99. The van der Waals surface area contributed by atoms with E-state index in [1.165, 1.54) is 11.1 Å². The highest BCUT2D eigenvalue weighted by Gasteiger charge is 2.07. The van der Waals surface area contributed by atoms with Crippen molar-refractivity contribution >= 4 is 0 Å². The summed E-state index contributed by atoms with van der Waals surface area (Å²) < 4.78 is 0. The SMILES string of the molecule is CC(C)c1ccccc1C(C)C.OOOO. The summed E-state index contributed by atoms with van der Waals surface area (Å²) in [4.78, 5) is 0. The zero-order chi connectivity index (χ0) is 12.6. The van der Waals surface area contributed by atoms with Crippen molar-refractivity contribution in [2.75, 3.05) is 0 Å². The van der Waals surface area contributed by atoms with Gasteiger partial charge in [-0.1, -0.05) is 52.0 Å². The van der Waals surface area contributed by atoms with Gasteiger partial charge < -0.3 is 0 Å². The fraction of sp³-hybridized carbons (Fsp3) is 0.500. The van der Waals surface area contributed by atoms with E-state index in [2.05, 4.69) is 62.0 Å². The van der Waals surface area contributed by atoms with Gasteiger partial charge in [-0.25, -0.2) is 10.5 Å². The van der Waals surface area contributed by atoms with Gasteiger partial charge in [-0.15, -0.1) is 0 Å². The molecule has 0 bridgehead atoms. The largest absolute Gasteiger partial charge is 0.219 e. The van der Waals surface area contributed by atoms with Gasteiger partial charge in [-0.2, -0.15) is 0 Å². The van der Waals surface area contributed by atoms with Gasteiger partial charge in [-0.3, -0.25) is 0 Å². The Bertz CT molecular complexity index is 255. The molecular weight excluding hydrogens is 208 g/mol. The zero-order valence-electron chi connectivity index (χ0n) is 10.2. The van der Waals surface area contributed by atoms with Crippen LogP contribution in [0.5, 0.6) is 0 Å². The fourth-order valence-electron chi connectivity index (χ4n) is 1.56. The molecule has 0 radical (unpaired) electrons. The van der Waals surface area contributed by atoms with E-state index >= 15 is 0 Å². The molecule has 0 aliphatic carbocycles. The van der Waals surface area contributed by atoms with E-state index in [0.717, 1.165) is 0 Å². The van der Waals surface area contributed by atoms with Crippen molar-refractivity contribution in [3.63, 3.8) is 0 Å². The van der Waals surface area contributed by atoms with Crippen molar-refractivity contribution in [3.05, 3.63) is 35.4 Å². The molecule has 0 atom stereocenters. The molecule has 1 aromatic carbocycles. The molecule has 16 heavy (non-hydrogen) atoms. The molecule has 0 unspecified atom stereocenters. The monoisotopic (exact) mass is 228 g/mol. The number of benzene rings is 1. The molecule has 4 heteroatoms. The Labute approximate surface area is 96.2 Å². The molecule has 0 saturated heterocycles. The minimum atomic E-state index is 0.642. The van der Waals surface area contributed by atoms with E-state index in [4.69, 9.17) is 10.5 Å². The number of hydrogen-bond donors (Lipinski definition) is 2. The van der Waals surface area contributed by atoms with Gasteiger partial charge in [-0.05, 0) is 33.0 Å². The summed E-state index contributed by atoms with van der Waals surface area (Å²) in [6.45, 7) is 9.00. The third-order valence-electron chi connectivity index (χ3n) is 2.27. The third kappa shape index (κ3) is 5.23. The lowest BCUT2D eigenvalue weighted by atomic mass is 9.91. The first-order valence-corrected chi connectivity index (χ1v) is 5.25. The third-order valence-corrected chi connectivity index (χ3v) is 2.27. The Morgan fingerprint density at radius 2 is 1.12 bits per heavy atom. The smallest absolute Gasteiger partial charge is 0.0216 e. The van der Waals surface area contributed by atoms with Gasteiger partial charge in [0, 0.05) is 0 Å². The molecule has 0 fully saturated rings. The molecule has 0 aliphatic rings. The standard InChI is InChI=1S/C12H18.H2O4/c1-9(2)11-7-5-6-8-12(11)10(3)4;1-3-4-2/h5-10H,1-4H3;1-2H. The molecule has 1 rings (SSSR count). The van der Waals surface area contributed by atoms with Crippen LogP contribution in [0.3, 0.4) is 0 Å². The summed E-state index contributed by atoms with van der Waals surface area (Å²) in [6, 6.07) is 8.72. The summed E-state index contributed by atoms with van der Waals surface area (Å²) in [6.07, 6.45) is 0. The van der Waals surface area contributed by atoms with E-state index in [1.807, 2.05) is 0 Å². The van der Waals surface area contributed by atoms with Crippen LogP contribution in [0, 0.1) is 0 Å². The maximum atomic E-state index is 6.90. The second-order valence-electron chi connectivity index (χ2n) is 4.09. The second-order valence-corrected chi connectivity index (χ2v) is 4.09. The summed E-state index contributed by atoms with van der Waals surface area (Å²) >= 11 is 0. The molecule has 0 spiro atoms. The minimum absolute atomic E-state index is 0.642. The Balaban J connectivity index is 0.000000487. The summed E-state index contributed by atoms with van der Waals surface area (Å²) in [5, 5.41) is 19.0. The zero-order valence-corrected chi connectivity index (χ0v) is 10.2. The first-order valence-electron chi connectivity index (χ1n) is 5.25. The van der Waals surface area contributed by atoms with Crippen LogP contribution in [-0.4, -0.2) is 10.5 Å². The molecule has 0 heterocycles. The lowest BCUT2D eigenvalue weighted by molar-refractivity contribution is -0.611. The average molecular weight is 228 g/mol. The van der Waals surface area contributed by atoms with E-state index in [1.54, 1.807) is 0 Å². The number of rotatable bonds is 3. The fourth-order valence-corrected chi connectivity index (χ4v) is 1.56. The van der Waals surface area contributed by atoms with Crippen LogP contribution in [0.2, 0.25) is 0 Å². The van der Waals surface area contributed by atoms with Crippen LogP contribution in [0.15, 0.2) is 24.3 Å². The highest BCUT2D eigenvalue weighted by Crippen LogP contribution is 2.25. The predicted molar refractivity (Wildman–Crippen MR) is 62.0 cm³/mol. The van der Waals surface area contributed by atoms with Crippen molar-refractivity contribution in [2.24, 2.45) is 0 Å². The first-order chi connectivity index (χ1) is 7.54. The van der Waals surface area contributed by atoms with Crippen LogP contribution in [0.4, 0.5) is 0 Å². The molecule has 0 amide bonds. The molecule has 1 aromatic rings. The Hall–Kier alpha value is -0.940. The Morgan fingerprint density at radius 3 is 1.31 bits per heavy atom. The van der Waals surface area contributed by atoms with E-state index < -0.39 is 0 Å². The summed E-state index contributed by atoms with van der Waals surface area (Å²) in [7, 11) is 0. The van der Waals surface area contributed by atoms with Crippen LogP contribution >= 0.6 is 0 Å². The van der Waals surface area contributed by atoms with Crippen LogP contribution in [0.1, 0.15) is 50.7 Å². The van der Waals surface area contributed by atoms with Crippen LogP contribution in [-0.2, 0) is 10.1 Å². The van der Waals surface area contributed by atoms with E-state index in [-0.39, 0.29) is 0 Å². The molecule has 0 aromatic heterocycles. The van der Waals surface area contributed by atoms with E-state index in [9.17, 15) is 0 Å². The summed E-state index contributed by atoms with van der Waals surface area (Å²) in [5.74, 6) is 1.28. The average Bonchev–Trinajstić information content (AvgIpc) is 2.29. The van der Waals surface area contributed by atoms with Gasteiger partial charge in [0.25, 0.3) is 0 Å². The van der Waals surface area contributed by atoms with Gasteiger partial charge in [0.2, 0.25) is 0 Å². The maximum Gasteiger partial charge on any atom is -0.0216 e. The highest BCUT2D eigenvalue weighted by atomic mass is 17.6. The highest BCUT2D eigenvalue weighted by molar-refractivity contribution is 5.31. The maximum absolute atomic E-state index is 6.90. The molecule has 0 saturated carbocycles. The quantitative estimate of drug-likeness (QED) is 0.610. The topological polar surface area (TPSA) is 58.9 Å². The lowest BCUT2D eigenvalue weighted by Crippen LogP contribution is -1.97. The lowest BCUT2D eigenvalue weighted by Gasteiger charge is -2.14. The van der Waals surface area contributed by atoms with Gasteiger partial charge >= 0.3 is 0 Å². The van der Waals surface area contributed by atoms with Gasteiger partial charge in [0.1, 0.15) is 0 Å². The number of hydrogen-bond acceptors (Lipinski definition) is 4. The molecule has 2 N–H and O–H groups in total. The van der Waals surface area contributed by atoms with Crippen molar-refractivity contribution in [1.29, 1.82) is 0 Å². The Kier molecular flexibility index (Phi) is 7.76. The Morgan fingerprint density at radius 1 is 0.812 bits per heavy atom. The molecule has 0 aliphatic heterocycles.